The summed E-state index contributed by atoms with van der Waals surface area (Å²) >= 11 is 6.15. The van der Waals surface area contributed by atoms with E-state index in [9.17, 15) is 9.90 Å². The van der Waals surface area contributed by atoms with Gasteiger partial charge in [0.15, 0.2) is 6.23 Å². The van der Waals surface area contributed by atoms with Crippen LogP contribution in [-0.4, -0.2) is 30.8 Å². The van der Waals surface area contributed by atoms with Crippen LogP contribution < -0.4 is 10.6 Å². The topological polar surface area (TPSA) is 88.2 Å². The molecule has 20 heavy (non-hydrogen) atoms. The second-order valence-corrected chi connectivity index (χ2v) is 4.63. The number of hydrogen-bond acceptors (Lipinski definition) is 6. The average molecular weight is 296 g/mol. The van der Waals surface area contributed by atoms with Crippen molar-refractivity contribution in [3.05, 3.63) is 40.2 Å². The van der Waals surface area contributed by atoms with Gasteiger partial charge in [-0.25, -0.2) is 9.79 Å². The maximum atomic E-state index is 11.7. The Labute approximate surface area is 121 Å². The molecule has 0 fully saturated rings. The zero-order valence-corrected chi connectivity index (χ0v) is 11.8. The molecule has 6 nitrogen and oxygen atoms in total. The number of aliphatic hydroxyl groups excluding tert-OH is 1. The summed E-state index contributed by atoms with van der Waals surface area (Å²) < 4.78 is 4.60. The highest BCUT2D eigenvalue weighted by molar-refractivity contribution is 6.33. The van der Waals surface area contributed by atoms with E-state index in [0.717, 1.165) is 5.56 Å². The second-order valence-electron chi connectivity index (χ2n) is 4.22. The number of aliphatic imine (C=N–C) groups is 1. The molecule has 0 spiro atoms. The summed E-state index contributed by atoms with van der Waals surface area (Å²) in [4.78, 5) is 17.0. The Morgan fingerprint density at radius 3 is 2.85 bits per heavy atom. The zero-order valence-electron chi connectivity index (χ0n) is 11.0. The number of aryl methyl sites for hydroxylation is 1. The quantitative estimate of drug-likeness (QED) is 0.799. The first-order chi connectivity index (χ1) is 9.47. The highest BCUT2D eigenvalue weighted by atomic mass is 35.5. The van der Waals surface area contributed by atoms with E-state index < -0.39 is 12.2 Å². The minimum Gasteiger partial charge on any atom is -0.465 e. The smallest absolute Gasteiger partial charge is 0.342 e. The molecule has 1 aliphatic heterocycles. The van der Waals surface area contributed by atoms with E-state index in [1.807, 2.05) is 13.0 Å². The lowest BCUT2D eigenvalue weighted by molar-refractivity contribution is -0.137. The molecule has 1 aliphatic rings. The summed E-state index contributed by atoms with van der Waals surface area (Å²) in [5.41, 5.74) is 6.89. The molecule has 1 aromatic rings. The van der Waals surface area contributed by atoms with E-state index in [2.05, 4.69) is 9.73 Å². The minimum atomic E-state index is -1.31. The maximum absolute atomic E-state index is 11.7. The SMILES string of the molecule is COC(=O)C1=C(N)N=CN(c2c(C)cccc2Cl)C1O. The second kappa shape index (κ2) is 5.52. The molecule has 1 heterocycles. The molecule has 1 atom stereocenters. The molecule has 0 saturated carbocycles. The molecule has 0 aromatic heterocycles. The van der Waals surface area contributed by atoms with Gasteiger partial charge >= 0.3 is 5.97 Å². The highest BCUT2D eigenvalue weighted by Gasteiger charge is 2.32. The first-order valence-electron chi connectivity index (χ1n) is 5.81. The normalized spacial score (nSPS) is 18.4. The third kappa shape index (κ3) is 2.35. The van der Waals surface area contributed by atoms with Gasteiger partial charge in [-0.2, -0.15) is 0 Å². The number of carbonyl (C=O) groups excluding carboxylic acids is 1. The van der Waals surface area contributed by atoms with Crippen molar-refractivity contribution < 1.29 is 14.6 Å². The lowest BCUT2D eigenvalue weighted by Crippen LogP contribution is -2.42. The first kappa shape index (κ1) is 14.4. The number of benzene rings is 1. The van der Waals surface area contributed by atoms with Crippen molar-refractivity contribution in [2.75, 3.05) is 12.0 Å². The van der Waals surface area contributed by atoms with Gasteiger partial charge in [0, 0.05) is 0 Å². The Kier molecular flexibility index (Phi) is 3.96. The van der Waals surface area contributed by atoms with E-state index in [1.165, 1.54) is 18.3 Å². The number of hydrogen-bond donors (Lipinski definition) is 2. The van der Waals surface area contributed by atoms with Gasteiger partial charge in [-0.15, -0.1) is 0 Å². The Bertz CT molecular complexity index is 593. The van der Waals surface area contributed by atoms with Gasteiger partial charge in [0.25, 0.3) is 0 Å². The summed E-state index contributed by atoms with van der Waals surface area (Å²) in [6.45, 7) is 1.83. The number of ether oxygens (including phenoxy) is 1. The number of nitrogens with two attached hydrogens (primary N) is 1. The van der Waals surface area contributed by atoms with Crippen molar-refractivity contribution in [1.29, 1.82) is 0 Å². The Hall–Kier alpha value is -2.05. The first-order valence-corrected chi connectivity index (χ1v) is 6.18. The van der Waals surface area contributed by atoms with Crippen molar-refractivity contribution in [3.63, 3.8) is 0 Å². The van der Waals surface area contributed by atoms with Crippen LogP contribution in [0.2, 0.25) is 5.02 Å². The number of carbonyl (C=O) groups is 1. The lowest BCUT2D eigenvalue weighted by atomic mass is 10.1. The molecule has 1 unspecified atom stereocenters. The van der Waals surface area contributed by atoms with Crippen LogP contribution in [0.15, 0.2) is 34.6 Å². The third-order valence-corrected chi connectivity index (χ3v) is 3.28. The number of methoxy groups -OCH3 is 1. The fraction of sp³-hybridized carbons (Fsp3) is 0.231. The van der Waals surface area contributed by atoms with Crippen molar-refractivity contribution in [1.82, 2.24) is 0 Å². The van der Waals surface area contributed by atoms with Gasteiger partial charge in [-0.05, 0) is 18.6 Å². The van der Waals surface area contributed by atoms with Crippen LogP contribution in [-0.2, 0) is 9.53 Å². The van der Waals surface area contributed by atoms with Crippen LogP contribution in [0.1, 0.15) is 5.56 Å². The van der Waals surface area contributed by atoms with Gasteiger partial charge in [0.2, 0.25) is 0 Å². The van der Waals surface area contributed by atoms with Crippen LogP contribution in [0.5, 0.6) is 0 Å². The molecule has 2 rings (SSSR count). The molecular weight excluding hydrogens is 282 g/mol. The summed E-state index contributed by atoms with van der Waals surface area (Å²) in [5, 5.41) is 10.8. The Morgan fingerprint density at radius 2 is 2.25 bits per heavy atom. The van der Waals surface area contributed by atoms with E-state index in [4.69, 9.17) is 17.3 Å². The van der Waals surface area contributed by atoms with Gasteiger partial charge in [-0.1, -0.05) is 23.7 Å². The molecule has 0 aliphatic carbocycles. The van der Waals surface area contributed by atoms with Crippen LogP contribution in [0, 0.1) is 6.92 Å². The molecular formula is C13H14ClN3O3. The van der Waals surface area contributed by atoms with Crippen LogP contribution >= 0.6 is 11.6 Å². The maximum Gasteiger partial charge on any atom is 0.342 e. The number of halogens is 1. The molecule has 7 heteroatoms. The van der Waals surface area contributed by atoms with Gasteiger partial charge < -0.3 is 15.6 Å². The predicted octanol–water partition coefficient (Wildman–Crippen LogP) is 1.16. The van der Waals surface area contributed by atoms with E-state index in [0.29, 0.717) is 10.7 Å². The Morgan fingerprint density at radius 1 is 1.55 bits per heavy atom. The number of esters is 1. The fourth-order valence-electron chi connectivity index (χ4n) is 1.98. The zero-order chi connectivity index (χ0) is 14.9. The summed E-state index contributed by atoms with van der Waals surface area (Å²) in [7, 11) is 1.21. The van der Waals surface area contributed by atoms with E-state index >= 15 is 0 Å². The van der Waals surface area contributed by atoms with E-state index in [1.54, 1.807) is 12.1 Å². The number of rotatable bonds is 2. The molecule has 106 valence electrons. The van der Waals surface area contributed by atoms with Crippen molar-refractivity contribution >= 4 is 29.6 Å². The largest absolute Gasteiger partial charge is 0.465 e. The number of nitrogens with zero attached hydrogens (tertiary/aromatic N) is 2. The van der Waals surface area contributed by atoms with Crippen molar-refractivity contribution in [3.8, 4) is 0 Å². The third-order valence-electron chi connectivity index (χ3n) is 2.97. The average Bonchev–Trinajstić information content (AvgIpc) is 2.40. The molecule has 0 radical (unpaired) electrons. The van der Waals surface area contributed by atoms with Crippen LogP contribution in [0.3, 0.4) is 0 Å². The standard InChI is InChI=1S/C13H14ClN3O3/c1-7-4-3-5-8(14)10(7)17-6-16-11(15)9(12(17)18)13(19)20-2/h3-6,12,18H,15H2,1-2H3. The van der Waals surface area contributed by atoms with Gasteiger partial charge in [-0.3, -0.25) is 4.90 Å². The number of para-hydroxylation sites is 1. The summed E-state index contributed by atoms with van der Waals surface area (Å²) in [6, 6.07) is 5.31. The van der Waals surface area contributed by atoms with E-state index in [-0.39, 0.29) is 11.4 Å². The number of anilines is 1. The van der Waals surface area contributed by atoms with Gasteiger partial charge in [0.1, 0.15) is 11.4 Å². The summed E-state index contributed by atoms with van der Waals surface area (Å²) in [5.74, 6) is -0.813. The summed E-state index contributed by atoms with van der Waals surface area (Å²) in [6.07, 6.45) is 0.0271. The molecule has 0 amide bonds. The van der Waals surface area contributed by atoms with Gasteiger partial charge in [0.05, 0.1) is 24.2 Å². The highest BCUT2D eigenvalue weighted by Crippen LogP contribution is 2.32. The predicted molar refractivity (Wildman–Crippen MR) is 76.4 cm³/mol. The molecule has 1 aromatic carbocycles. The number of aliphatic hydroxyl groups is 1. The molecule has 0 saturated heterocycles. The minimum absolute atomic E-state index is 0.0784. The lowest BCUT2D eigenvalue weighted by Gasteiger charge is -2.31. The molecule has 0 bridgehead atoms. The van der Waals surface area contributed by atoms with Crippen LogP contribution in [0.4, 0.5) is 5.69 Å². The monoisotopic (exact) mass is 295 g/mol. The molecule has 3 N–H and O–H groups in total. The van der Waals surface area contributed by atoms with Crippen molar-refractivity contribution in [2.45, 2.75) is 13.2 Å². The fourth-order valence-corrected chi connectivity index (χ4v) is 2.30. The Balaban J connectivity index is 2.48. The van der Waals surface area contributed by atoms with Crippen molar-refractivity contribution in [2.24, 2.45) is 10.7 Å². The van der Waals surface area contributed by atoms with Crippen LogP contribution in [0.25, 0.3) is 0 Å².